The van der Waals surface area contributed by atoms with Crippen molar-refractivity contribution < 1.29 is 34.1 Å². The van der Waals surface area contributed by atoms with Gasteiger partial charge in [-0.1, -0.05) is 30.3 Å². The molecular formula is C28H24N2O7. The van der Waals surface area contributed by atoms with Crippen molar-refractivity contribution in [3.8, 4) is 22.6 Å². The van der Waals surface area contributed by atoms with E-state index < -0.39 is 23.9 Å². The summed E-state index contributed by atoms with van der Waals surface area (Å²) in [6.07, 6.45) is 0.0992. The number of nitrogens with one attached hydrogen (secondary N) is 1. The maximum atomic E-state index is 13.1. The Morgan fingerprint density at radius 3 is 2.35 bits per heavy atom. The molecule has 0 spiro atoms. The lowest BCUT2D eigenvalue weighted by Gasteiger charge is -2.17. The number of benzene rings is 3. The van der Waals surface area contributed by atoms with Gasteiger partial charge in [0.05, 0.1) is 25.3 Å². The van der Waals surface area contributed by atoms with Crippen molar-refractivity contribution in [3.05, 3.63) is 89.6 Å². The highest BCUT2D eigenvalue weighted by Gasteiger charge is 2.25. The Morgan fingerprint density at radius 2 is 1.68 bits per heavy atom. The monoisotopic (exact) mass is 500 g/mol. The van der Waals surface area contributed by atoms with Crippen LogP contribution in [0.4, 0.5) is 0 Å². The number of phenols is 1. The van der Waals surface area contributed by atoms with E-state index >= 15 is 0 Å². The van der Waals surface area contributed by atoms with Crippen LogP contribution in [0.25, 0.3) is 22.0 Å². The minimum absolute atomic E-state index is 0.0681. The molecular weight excluding hydrogens is 476 g/mol. The lowest BCUT2D eigenvalue weighted by Crippen LogP contribution is -2.43. The number of hydrogen-bond donors (Lipinski definition) is 3. The van der Waals surface area contributed by atoms with Crippen LogP contribution in [0.2, 0.25) is 0 Å². The molecule has 1 unspecified atom stereocenters. The van der Waals surface area contributed by atoms with Crippen LogP contribution in [0.3, 0.4) is 0 Å². The third kappa shape index (κ3) is 5.67. The summed E-state index contributed by atoms with van der Waals surface area (Å²) in [4.78, 5) is 41.9. The van der Waals surface area contributed by atoms with Gasteiger partial charge in [-0.2, -0.15) is 0 Å². The fourth-order valence-corrected chi connectivity index (χ4v) is 3.94. The predicted octanol–water partition coefficient (Wildman–Crippen LogP) is 3.83. The van der Waals surface area contributed by atoms with Crippen LogP contribution < -0.4 is 10.1 Å². The molecule has 0 aliphatic heterocycles. The van der Waals surface area contributed by atoms with Gasteiger partial charge in [-0.05, 0) is 59.2 Å². The number of aromatic carboxylic acids is 1. The van der Waals surface area contributed by atoms with E-state index in [-0.39, 0.29) is 23.4 Å². The Bertz CT molecular complexity index is 1480. The van der Waals surface area contributed by atoms with Gasteiger partial charge in [0.2, 0.25) is 0 Å². The zero-order valence-corrected chi connectivity index (χ0v) is 20.1. The quantitative estimate of drug-likeness (QED) is 0.311. The zero-order valence-electron chi connectivity index (χ0n) is 20.1. The molecule has 0 aliphatic carbocycles. The van der Waals surface area contributed by atoms with Gasteiger partial charge in [0.15, 0.2) is 0 Å². The first-order valence-corrected chi connectivity index (χ1v) is 11.3. The largest absolute Gasteiger partial charge is 0.508 e. The molecule has 4 rings (SSSR count). The molecule has 9 nitrogen and oxygen atoms in total. The van der Waals surface area contributed by atoms with Crippen LogP contribution in [0.5, 0.6) is 11.5 Å². The minimum atomic E-state index is -1.22. The number of hydrogen-bond acceptors (Lipinski definition) is 7. The van der Waals surface area contributed by atoms with Crippen molar-refractivity contribution in [3.63, 3.8) is 0 Å². The highest BCUT2D eigenvalue weighted by atomic mass is 16.5. The Morgan fingerprint density at radius 1 is 0.946 bits per heavy atom. The highest BCUT2D eigenvalue weighted by Crippen LogP contribution is 2.29. The summed E-state index contributed by atoms with van der Waals surface area (Å²) in [6.45, 7) is 0. The van der Waals surface area contributed by atoms with Gasteiger partial charge < -0.3 is 25.0 Å². The minimum Gasteiger partial charge on any atom is -0.508 e. The summed E-state index contributed by atoms with van der Waals surface area (Å²) in [5.74, 6) is -1.90. The number of carbonyl (C=O) groups excluding carboxylic acids is 2. The first kappa shape index (κ1) is 25.2. The Kier molecular flexibility index (Phi) is 7.34. The van der Waals surface area contributed by atoms with Crippen LogP contribution in [0, 0.1) is 0 Å². The van der Waals surface area contributed by atoms with Crippen LogP contribution >= 0.6 is 0 Å². The third-order valence-corrected chi connectivity index (χ3v) is 5.84. The number of esters is 1. The topological polar surface area (TPSA) is 135 Å². The molecule has 0 saturated heterocycles. The summed E-state index contributed by atoms with van der Waals surface area (Å²) in [5, 5.41) is 22.3. The molecule has 0 bridgehead atoms. The van der Waals surface area contributed by atoms with Gasteiger partial charge in [0, 0.05) is 11.8 Å². The molecule has 1 aromatic heterocycles. The van der Waals surface area contributed by atoms with Crippen molar-refractivity contribution in [2.75, 3.05) is 14.2 Å². The maximum absolute atomic E-state index is 13.1. The van der Waals surface area contributed by atoms with Crippen molar-refractivity contribution >= 4 is 28.7 Å². The number of carbonyl (C=O) groups is 3. The van der Waals surface area contributed by atoms with Gasteiger partial charge in [-0.15, -0.1) is 0 Å². The molecule has 188 valence electrons. The fraction of sp³-hybridized carbons (Fsp3) is 0.143. The molecule has 9 heteroatoms. The van der Waals surface area contributed by atoms with Crippen molar-refractivity contribution in [2.45, 2.75) is 12.5 Å². The van der Waals surface area contributed by atoms with Crippen molar-refractivity contribution in [1.29, 1.82) is 0 Å². The van der Waals surface area contributed by atoms with Crippen LogP contribution in [-0.4, -0.2) is 53.3 Å². The maximum Gasteiger partial charge on any atom is 0.336 e. The molecule has 0 fully saturated rings. The zero-order chi connectivity index (χ0) is 26.5. The van der Waals surface area contributed by atoms with E-state index in [2.05, 4.69) is 10.3 Å². The summed E-state index contributed by atoms with van der Waals surface area (Å²) in [5.41, 5.74) is 2.31. The summed E-state index contributed by atoms with van der Waals surface area (Å²) < 4.78 is 10.1. The smallest absolute Gasteiger partial charge is 0.336 e. The normalized spacial score (nSPS) is 11.5. The number of ether oxygens (including phenoxy) is 2. The van der Waals surface area contributed by atoms with Crippen LogP contribution in [0.1, 0.15) is 26.4 Å². The van der Waals surface area contributed by atoms with Gasteiger partial charge in [0.25, 0.3) is 5.91 Å². The third-order valence-electron chi connectivity index (χ3n) is 5.84. The number of nitrogens with zero attached hydrogens (tertiary/aromatic N) is 1. The van der Waals surface area contributed by atoms with Crippen molar-refractivity contribution in [2.24, 2.45) is 0 Å². The molecule has 0 aliphatic rings. The molecule has 0 saturated carbocycles. The number of amides is 1. The number of aromatic hydroxyl groups is 1. The van der Waals surface area contributed by atoms with Gasteiger partial charge >= 0.3 is 11.9 Å². The number of rotatable bonds is 8. The molecule has 3 aromatic carbocycles. The SMILES string of the molecule is COC(=O)C(Cc1ccc(O)cc1)NC(=O)c1cc(C(=O)O)c2cc(-c3cccc(OC)c3)ccc2n1. The highest BCUT2D eigenvalue weighted by molar-refractivity contribution is 6.07. The Balaban J connectivity index is 1.67. The van der Waals surface area contributed by atoms with Gasteiger partial charge in [0.1, 0.15) is 23.2 Å². The number of pyridine rings is 1. The number of fused-ring (bicyclic) bond motifs is 1. The molecule has 1 amide bonds. The van der Waals surface area contributed by atoms with E-state index in [0.29, 0.717) is 22.2 Å². The standard InChI is InChI=1S/C28H24N2O7/c1-36-20-5-3-4-17(13-20)18-8-11-23-21(14-18)22(27(33)34)15-24(29-23)26(32)30-25(28(35)37-2)12-16-6-9-19(31)10-7-16/h3-11,13-15,25,31H,12H2,1-2H3,(H,30,32)(H,33,34). The van der Waals surface area contributed by atoms with E-state index in [1.165, 1.54) is 25.3 Å². The number of phenolic OH excluding ortho intramolecular Hbond substituents is 1. The molecule has 4 aromatic rings. The second-order valence-corrected chi connectivity index (χ2v) is 8.24. The number of methoxy groups -OCH3 is 2. The number of carboxylic acid groups (broad SMARTS) is 1. The summed E-state index contributed by atoms with van der Waals surface area (Å²) in [6, 6.07) is 18.8. The average molecular weight is 501 g/mol. The van der Waals surface area contributed by atoms with E-state index in [1.54, 1.807) is 37.4 Å². The molecule has 3 N–H and O–H groups in total. The summed E-state index contributed by atoms with van der Waals surface area (Å²) >= 11 is 0. The lowest BCUT2D eigenvalue weighted by molar-refractivity contribution is -0.142. The molecule has 1 heterocycles. The van der Waals surface area contributed by atoms with Crippen molar-refractivity contribution in [1.82, 2.24) is 10.3 Å². The number of aromatic nitrogens is 1. The van der Waals surface area contributed by atoms with Crippen LogP contribution in [-0.2, 0) is 16.0 Å². The van der Waals surface area contributed by atoms with E-state index in [0.717, 1.165) is 11.1 Å². The lowest BCUT2D eigenvalue weighted by atomic mass is 10.00. The van der Waals surface area contributed by atoms with Crippen LogP contribution in [0.15, 0.2) is 72.8 Å². The predicted molar refractivity (Wildman–Crippen MR) is 136 cm³/mol. The Hall–Kier alpha value is -4.92. The Labute approximate surface area is 212 Å². The molecule has 1 atom stereocenters. The summed E-state index contributed by atoms with van der Waals surface area (Å²) in [7, 11) is 2.77. The molecule has 0 radical (unpaired) electrons. The fourth-order valence-electron chi connectivity index (χ4n) is 3.94. The van der Waals surface area contributed by atoms with E-state index in [4.69, 9.17) is 9.47 Å². The first-order chi connectivity index (χ1) is 17.8. The van der Waals surface area contributed by atoms with E-state index in [1.807, 2.05) is 24.3 Å². The number of carboxylic acids is 1. The van der Waals surface area contributed by atoms with Gasteiger partial charge in [-0.25, -0.2) is 14.6 Å². The second-order valence-electron chi connectivity index (χ2n) is 8.24. The average Bonchev–Trinajstić information content (AvgIpc) is 2.92. The molecule has 37 heavy (non-hydrogen) atoms. The second kappa shape index (κ2) is 10.8. The first-order valence-electron chi connectivity index (χ1n) is 11.3. The van der Waals surface area contributed by atoms with Gasteiger partial charge in [-0.3, -0.25) is 4.79 Å². The van der Waals surface area contributed by atoms with E-state index in [9.17, 15) is 24.6 Å².